The second-order valence-corrected chi connectivity index (χ2v) is 7.57. The van der Waals surface area contributed by atoms with Gasteiger partial charge in [-0.05, 0) is 36.6 Å². The molecule has 0 N–H and O–H groups in total. The Hall–Kier alpha value is -2.76. The Kier molecular flexibility index (Phi) is 5.00. The molecule has 1 fully saturated rings. The molecule has 6 heteroatoms. The number of hydrogen-bond donors (Lipinski definition) is 0. The van der Waals surface area contributed by atoms with E-state index >= 15 is 0 Å². The minimum Gasteiger partial charge on any atom is -0.344 e. The van der Waals surface area contributed by atoms with Crippen LogP contribution in [0, 0.1) is 10.1 Å². The van der Waals surface area contributed by atoms with Crippen molar-refractivity contribution < 1.29 is 14.5 Å². The van der Waals surface area contributed by atoms with Crippen molar-refractivity contribution >= 4 is 22.9 Å². The third kappa shape index (κ3) is 3.31. The van der Waals surface area contributed by atoms with Crippen molar-refractivity contribution in [3.63, 3.8) is 0 Å². The summed E-state index contributed by atoms with van der Waals surface area (Å²) >= 11 is 0. The molecule has 0 radical (unpaired) electrons. The maximum absolute atomic E-state index is 12.1. The van der Waals surface area contributed by atoms with Crippen LogP contribution in [-0.4, -0.2) is 23.0 Å². The SMILES string of the molecule is CCCN1C(=CC=C2C(=O)CCCC2=O)C(C)(C)c2ccc([N+](=O)[O-])cc21. The molecule has 1 aliphatic carbocycles. The standard InChI is InChI=1S/C21H24N2O4/c1-4-12-22-17-13-14(23(26)27)8-10-16(17)21(2,3)20(22)11-9-15-18(24)6-5-7-19(15)25/h8-11,13H,4-7,12H2,1-3H3. The van der Waals surface area contributed by atoms with Crippen molar-refractivity contribution in [1.82, 2.24) is 0 Å². The molecule has 1 heterocycles. The van der Waals surface area contributed by atoms with Gasteiger partial charge in [-0.3, -0.25) is 19.7 Å². The number of carbonyl (C=O) groups is 2. The largest absolute Gasteiger partial charge is 0.344 e. The lowest BCUT2D eigenvalue weighted by atomic mass is 9.83. The lowest BCUT2D eigenvalue weighted by molar-refractivity contribution is -0.384. The molecule has 0 saturated heterocycles. The molecule has 142 valence electrons. The molecule has 0 amide bonds. The van der Waals surface area contributed by atoms with Crippen LogP contribution >= 0.6 is 0 Å². The molecule has 0 aromatic heterocycles. The zero-order valence-electron chi connectivity index (χ0n) is 15.9. The molecule has 0 spiro atoms. The highest BCUT2D eigenvalue weighted by Gasteiger charge is 2.40. The number of carbonyl (C=O) groups excluding carboxylic acids is 2. The van der Waals surface area contributed by atoms with Gasteiger partial charge in [0.25, 0.3) is 5.69 Å². The Morgan fingerprint density at radius 3 is 2.44 bits per heavy atom. The average Bonchev–Trinajstić information content (AvgIpc) is 2.82. The van der Waals surface area contributed by atoms with Crippen molar-refractivity contribution in [3.8, 4) is 0 Å². The Balaban J connectivity index is 2.10. The molecular formula is C21H24N2O4. The van der Waals surface area contributed by atoms with Crippen LogP contribution in [0.1, 0.15) is 52.0 Å². The van der Waals surface area contributed by atoms with E-state index in [1.54, 1.807) is 18.2 Å². The van der Waals surface area contributed by atoms with Crippen LogP contribution in [0.2, 0.25) is 0 Å². The molecule has 1 aliphatic heterocycles. The first-order valence-electron chi connectivity index (χ1n) is 9.32. The molecule has 6 nitrogen and oxygen atoms in total. The van der Waals surface area contributed by atoms with Gasteiger partial charge in [0.15, 0.2) is 11.6 Å². The minimum atomic E-state index is -0.388. The van der Waals surface area contributed by atoms with Crippen LogP contribution in [0.15, 0.2) is 41.6 Å². The maximum atomic E-state index is 12.1. The molecule has 0 bridgehead atoms. The fourth-order valence-electron chi connectivity index (χ4n) is 3.94. The summed E-state index contributed by atoms with van der Waals surface area (Å²) in [5, 5.41) is 11.2. The normalized spacial score (nSPS) is 20.2. The molecule has 0 atom stereocenters. The molecule has 1 aromatic rings. The van der Waals surface area contributed by atoms with Gasteiger partial charge in [-0.2, -0.15) is 0 Å². The van der Waals surface area contributed by atoms with E-state index < -0.39 is 0 Å². The van der Waals surface area contributed by atoms with E-state index in [2.05, 4.69) is 18.7 Å². The predicted molar refractivity (Wildman–Crippen MR) is 104 cm³/mol. The molecular weight excluding hydrogens is 344 g/mol. The number of rotatable bonds is 4. The van der Waals surface area contributed by atoms with Gasteiger partial charge >= 0.3 is 0 Å². The first-order valence-corrected chi connectivity index (χ1v) is 9.32. The quantitative estimate of drug-likeness (QED) is 0.344. The van der Waals surface area contributed by atoms with Crippen LogP contribution in [-0.2, 0) is 15.0 Å². The van der Waals surface area contributed by atoms with Gasteiger partial charge in [-0.15, -0.1) is 0 Å². The van der Waals surface area contributed by atoms with Gasteiger partial charge < -0.3 is 4.90 Å². The first-order chi connectivity index (χ1) is 12.8. The topological polar surface area (TPSA) is 80.5 Å². The highest BCUT2D eigenvalue weighted by atomic mass is 16.6. The summed E-state index contributed by atoms with van der Waals surface area (Å²) in [5.41, 5.74) is 2.72. The van der Waals surface area contributed by atoms with Crippen molar-refractivity contribution in [3.05, 3.63) is 57.3 Å². The lowest BCUT2D eigenvalue weighted by Crippen LogP contribution is -2.27. The van der Waals surface area contributed by atoms with Crippen LogP contribution in [0.4, 0.5) is 11.4 Å². The van der Waals surface area contributed by atoms with Gasteiger partial charge in [0.2, 0.25) is 0 Å². The molecule has 27 heavy (non-hydrogen) atoms. The smallest absolute Gasteiger partial charge is 0.271 e. The zero-order chi connectivity index (χ0) is 19.8. The van der Waals surface area contributed by atoms with Crippen molar-refractivity contribution in [2.45, 2.75) is 51.9 Å². The van der Waals surface area contributed by atoms with Crippen LogP contribution in [0.3, 0.4) is 0 Å². The van der Waals surface area contributed by atoms with Gasteiger partial charge in [0.05, 0.1) is 16.2 Å². The number of ketones is 2. The molecule has 3 rings (SSSR count). The number of Topliss-reactive ketones (excluding diaryl/α,β-unsaturated/α-hetero) is 2. The van der Waals surface area contributed by atoms with Crippen molar-refractivity contribution in [2.75, 3.05) is 11.4 Å². The number of allylic oxidation sites excluding steroid dienone is 4. The van der Waals surface area contributed by atoms with Crippen molar-refractivity contribution in [1.29, 1.82) is 0 Å². The van der Waals surface area contributed by atoms with Gasteiger partial charge in [0, 0.05) is 42.6 Å². The number of anilines is 1. The van der Waals surface area contributed by atoms with Crippen LogP contribution in [0.25, 0.3) is 0 Å². The van der Waals surface area contributed by atoms with E-state index in [1.807, 2.05) is 13.0 Å². The van der Waals surface area contributed by atoms with Crippen molar-refractivity contribution in [2.24, 2.45) is 0 Å². The summed E-state index contributed by atoms with van der Waals surface area (Å²) < 4.78 is 0. The summed E-state index contributed by atoms with van der Waals surface area (Å²) in [7, 11) is 0. The minimum absolute atomic E-state index is 0.0582. The van der Waals surface area contributed by atoms with E-state index in [-0.39, 0.29) is 33.2 Å². The Bertz CT molecular complexity index is 862. The number of benzene rings is 1. The second kappa shape index (κ2) is 7.10. The number of nitro benzene ring substituents is 1. The summed E-state index contributed by atoms with van der Waals surface area (Å²) in [6.07, 6.45) is 5.80. The van der Waals surface area contributed by atoms with E-state index in [0.29, 0.717) is 25.8 Å². The van der Waals surface area contributed by atoms with E-state index in [0.717, 1.165) is 23.4 Å². The highest BCUT2D eigenvalue weighted by molar-refractivity contribution is 6.21. The number of non-ortho nitro benzene ring substituents is 1. The fourth-order valence-corrected chi connectivity index (χ4v) is 3.94. The maximum Gasteiger partial charge on any atom is 0.271 e. The second-order valence-electron chi connectivity index (χ2n) is 7.57. The number of nitro groups is 1. The van der Waals surface area contributed by atoms with Crippen LogP contribution < -0.4 is 4.90 Å². The van der Waals surface area contributed by atoms with Gasteiger partial charge in [0.1, 0.15) is 0 Å². The average molecular weight is 368 g/mol. The summed E-state index contributed by atoms with van der Waals surface area (Å²) in [6, 6.07) is 4.94. The summed E-state index contributed by atoms with van der Waals surface area (Å²) in [4.78, 5) is 37.1. The Labute approximate surface area is 158 Å². The molecule has 2 aliphatic rings. The van der Waals surface area contributed by atoms with E-state index in [4.69, 9.17) is 0 Å². The molecule has 1 aromatic carbocycles. The van der Waals surface area contributed by atoms with Gasteiger partial charge in [-0.25, -0.2) is 0 Å². The summed E-state index contributed by atoms with van der Waals surface area (Å²) in [5.74, 6) is -0.205. The predicted octanol–water partition coefficient (Wildman–Crippen LogP) is 4.23. The third-order valence-electron chi connectivity index (χ3n) is 5.35. The number of fused-ring (bicyclic) bond motifs is 1. The first kappa shape index (κ1) is 19.0. The fraction of sp³-hybridized carbons (Fsp3) is 0.429. The highest BCUT2D eigenvalue weighted by Crippen LogP contribution is 2.48. The van der Waals surface area contributed by atoms with Crippen LogP contribution in [0.5, 0.6) is 0 Å². The monoisotopic (exact) mass is 368 g/mol. The van der Waals surface area contributed by atoms with E-state index in [1.165, 1.54) is 6.07 Å². The number of hydrogen-bond acceptors (Lipinski definition) is 5. The zero-order valence-corrected chi connectivity index (χ0v) is 15.9. The molecule has 0 unspecified atom stereocenters. The van der Waals surface area contributed by atoms with E-state index in [9.17, 15) is 19.7 Å². The van der Waals surface area contributed by atoms with Gasteiger partial charge in [-0.1, -0.05) is 20.8 Å². The molecule has 1 saturated carbocycles. The third-order valence-corrected chi connectivity index (χ3v) is 5.35. The Morgan fingerprint density at radius 1 is 1.19 bits per heavy atom. The lowest BCUT2D eigenvalue weighted by Gasteiger charge is -2.26. The Morgan fingerprint density at radius 2 is 1.85 bits per heavy atom. The summed E-state index contributed by atoms with van der Waals surface area (Å²) in [6.45, 7) is 6.87. The number of nitrogens with zero attached hydrogens (tertiary/aromatic N) is 2.